The van der Waals surface area contributed by atoms with Gasteiger partial charge in [-0.2, -0.15) is 0 Å². The van der Waals surface area contributed by atoms with Gasteiger partial charge in [0.05, 0.1) is 22.9 Å². The molecule has 7 heteroatoms. The molecule has 1 amide bonds. The number of phenolic OH excluding ortho intramolecular Hbond substituents is 1. The van der Waals surface area contributed by atoms with E-state index in [0.29, 0.717) is 33.4 Å². The fourth-order valence-electron chi connectivity index (χ4n) is 6.54. The van der Waals surface area contributed by atoms with Crippen LogP contribution in [0.25, 0.3) is 21.5 Å². The van der Waals surface area contributed by atoms with Crippen LogP contribution >= 0.6 is 0 Å². The number of phenols is 1. The van der Waals surface area contributed by atoms with Crippen LogP contribution < -0.4 is 5.32 Å². The molecule has 5 aromatic carbocycles. The molecule has 0 heterocycles. The van der Waals surface area contributed by atoms with E-state index in [9.17, 15) is 14.7 Å². The first-order valence-electron chi connectivity index (χ1n) is 18.7. The second kappa shape index (κ2) is 19.4. The number of rotatable bonds is 19. The highest BCUT2D eigenvalue weighted by atomic mass is 16.5. The number of aromatic hydroxyl groups is 1. The molecule has 7 nitrogen and oxygen atoms in total. The van der Waals surface area contributed by atoms with Crippen LogP contribution in [0.3, 0.4) is 0 Å². The summed E-state index contributed by atoms with van der Waals surface area (Å²) in [6.45, 7) is 4.20. The Labute approximate surface area is 302 Å². The van der Waals surface area contributed by atoms with Crippen molar-refractivity contribution in [1.29, 1.82) is 0 Å². The van der Waals surface area contributed by atoms with Gasteiger partial charge >= 0.3 is 5.97 Å². The predicted octanol–water partition coefficient (Wildman–Crippen LogP) is 13.0. The SMILES string of the molecule is CCCCCCCCCCCCCCC(C)OC(=O)c1ccccc1N=Nc1cc(C(=O)Nc2cccc3ccccc23)c(O)c2ccccc12. The number of carbonyl (C=O) groups is 2. The lowest BCUT2D eigenvalue weighted by atomic mass is 10.0. The zero-order valence-electron chi connectivity index (χ0n) is 30.1. The van der Waals surface area contributed by atoms with Crippen molar-refractivity contribution in [1.82, 2.24) is 0 Å². The number of ether oxygens (including phenoxy) is 1. The lowest BCUT2D eigenvalue weighted by molar-refractivity contribution is 0.0320. The van der Waals surface area contributed by atoms with Gasteiger partial charge < -0.3 is 15.2 Å². The highest BCUT2D eigenvalue weighted by Crippen LogP contribution is 2.38. The Morgan fingerprint density at radius 3 is 1.94 bits per heavy atom. The van der Waals surface area contributed by atoms with E-state index in [1.807, 2.05) is 61.5 Å². The monoisotopic (exact) mass is 685 g/mol. The molecule has 0 fully saturated rings. The van der Waals surface area contributed by atoms with E-state index in [-0.39, 0.29) is 17.4 Å². The minimum absolute atomic E-state index is 0.0647. The van der Waals surface area contributed by atoms with Crippen molar-refractivity contribution in [2.24, 2.45) is 10.2 Å². The van der Waals surface area contributed by atoms with Gasteiger partial charge in [-0.15, -0.1) is 10.2 Å². The summed E-state index contributed by atoms with van der Waals surface area (Å²) in [6.07, 6.45) is 16.1. The summed E-state index contributed by atoms with van der Waals surface area (Å²) >= 11 is 0. The lowest BCUT2D eigenvalue weighted by Crippen LogP contribution is -2.15. The van der Waals surface area contributed by atoms with Crippen molar-refractivity contribution in [3.8, 4) is 5.75 Å². The van der Waals surface area contributed by atoms with Gasteiger partial charge in [-0.3, -0.25) is 4.79 Å². The van der Waals surface area contributed by atoms with E-state index < -0.39 is 11.9 Å². The topological polar surface area (TPSA) is 100 Å². The van der Waals surface area contributed by atoms with Gasteiger partial charge in [-0.05, 0) is 49.4 Å². The van der Waals surface area contributed by atoms with Crippen LogP contribution in [0, 0.1) is 0 Å². The molecular weight excluding hydrogens is 635 g/mol. The van der Waals surface area contributed by atoms with Crippen LogP contribution in [0.1, 0.15) is 118 Å². The number of carbonyl (C=O) groups excluding carboxylic acids is 2. The smallest absolute Gasteiger partial charge is 0.340 e. The molecule has 266 valence electrons. The molecule has 0 aromatic heterocycles. The second-order valence-electron chi connectivity index (χ2n) is 13.4. The van der Waals surface area contributed by atoms with Crippen molar-refractivity contribution in [2.75, 3.05) is 5.32 Å². The Morgan fingerprint density at radius 1 is 0.647 bits per heavy atom. The Hall–Kier alpha value is -5.04. The summed E-state index contributed by atoms with van der Waals surface area (Å²) in [6, 6.07) is 29.1. The number of azo groups is 1. The molecule has 1 atom stereocenters. The first-order chi connectivity index (χ1) is 25.0. The zero-order chi connectivity index (χ0) is 35.8. The molecule has 0 aliphatic rings. The summed E-state index contributed by atoms with van der Waals surface area (Å²) in [5.74, 6) is -1.06. The van der Waals surface area contributed by atoms with E-state index in [1.54, 1.807) is 36.4 Å². The summed E-state index contributed by atoms with van der Waals surface area (Å²) in [5.41, 5.74) is 1.76. The highest BCUT2D eigenvalue weighted by molar-refractivity contribution is 6.14. The average Bonchev–Trinajstić information content (AvgIpc) is 3.15. The fraction of sp³-hybridized carbons (Fsp3) is 0.364. The van der Waals surface area contributed by atoms with Crippen molar-refractivity contribution in [3.63, 3.8) is 0 Å². The first kappa shape index (κ1) is 37.2. The van der Waals surface area contributed by atoms with Crippen LogP contribution in [-0.4, -0.2) is 23.1 Å². The number of hydrogen-bond donors (Lipinski definition) is 2. The molecule has 0 bridgehead atoms. The molecule has 0 saturated carbocycles. The Kier molecular flexibility index (Phi) is 14.1. The maximum absolute atomic E-state index is 13.6. The molecule has 1 unspecified atom stereocenters. The summed E-state index contributed by atoms with van der Waals surface area (Å²) < 4.78 is 5.83. The average molecular weight is 686 g/mol. The molecule has 0 radical (unpaired) electrons. The summed E-state index contributed by atoms with van der Waals surface area (Å²) in [4.78, 5) is 26.9. The van der Waals surface area contributed by atoms with Gasteiger partial charge in [0.2, 0.25) is 0 Å². The van der Waals surface area contributed by atoms with Gasteiger partial charge in [0.25, 0.3) is 5.91 Å². The summed E-state index contributed by atoms with van der Waals surface area (Å²) in [7, 11) is 0. The number of unbranched alkanes of at least 4 members (excludes halogenated alkanes) is 11. The molecule has 0 aliphatic carbocycles. The van der Waals surface area contributed by atoms with Crippen LogP contribution in [0.2, 0.25) is 0 Å². The van der Waals surface area contributed by atoms with Gasteiger partial charge in [0.15, 0.2) is 0 Å². The largest absolute Gasteiger partial charge is 0.506 e. The third kappa shape index (κ3) is 10.5. The quantitative estimate of drug-likeness (QED) is 0.0513. The number of anilines is 1. The van der Waals surface area contributed by atoms with E-state index >= 15 is 0 Å². The molecule has 51 heavy (non-hydrogen) atoms. The molecule has 0 aliphatic heterocycles. The normalized spacial score (nSPS) is 12.0. The third-order valence-electron chi connectivity index (χ3n) is 9.44. The van der Waals surface area contributed by atoms with E-state index in [4.69, 9.17) is 4.74 Å². The predicted molar refractivity (Wildman–Crippen MR) is 209 cm³/mol. The van der Waals surface area contributed by atoms with Crippen LogP contribution in [0.4, 0.5) is 17.1 Å². The maximum Gasteiger partial charge on any atom is 0.340 e. The summed E-state index contributed by atoms with van der Waals surface area (Å²) in [5, 5.41) is 26.1. The lowest BCUT2D eigenvalue weighted by Gasteiger charge is -2.14. The molecule has 2 N–H and O–H groups in total. The Morgan fingerprint density at radius 2 is 1.22 bits per heavy atom. The molecular formula is C44H51N3O4. The molecule has 0 spiro atoms. The molecule has 5 aromatic rings. The number of nitrogens with zero attached hydrogens (tertiary/aromatic N) is 2. The number of hydrogen-bond acceptors (Lipinski definition) is 6. The van der Waals surface area contributed by atoms with E-state index in [0.717, 1.165) is 30.0 Å². The van der Waals surface area contributed by atoms with Crippen LogP contribution in [0.5, 0.6) is 5.75 Å². The van der Waals surface area contributed by atoms with Gasteiger partial charge in [-0.1, -0.05) is 150 Å². The van der Waals surface area contributed by atoms with Crippen molar-refractivity contribution >= 4 is 50.5 Å². The Bertz CT molecular complexity index is 1930. The second-order valence-corrected chi connectivity index (χ2v) is 13.4. The van der Waals surface area contributed by atoms with E-state index in [2.05, 4.69) is 22.5 Å². The fourth-order valence-corrected chi connectivity index (χ4v) is 6.54. The molecule has 0 saturated heterocycles. The molecule has 5 rings (SSSR count). The van der Waals surface area contributed by atoms with Gasteiger partial charge in [-0.25, -0.2) is 4.79 Å². The number of benzene rings is 5. The minimum atomic E-state index is -0.475. The van der Waals surface area contributed by atoms with E-state index in [1.165, 1.54) is 70.3 Å². The van der Waals surface area contributed by atoms with Crippen molar-refractivity contribution < 1.29 is 19.4 Å². The highest BCUT2D eigenvalue weighted by Gasteiger charge is 2.19. The third-order valence-corrected chi connectivity index (χ3v) is 9.44. The maximum atomic E-state index is 13.6. The Balaban J connectivity index is 1.20. The zero-order valence-corrected chi connectivity index (χ0v) is 30.1. The van der Waals surface area contributed by atoms with Crippen LogP contribution in [0.15, 0.2) is 107 Å². The first-order valence-corrected chi connectivity index (χ1v) is 18.7. The number of amides is 1. The van der Waals surface area contributed by atoms with Crippen molar-refractivity contribution in [2.45, 2.75) is 103 Å². The van der Waals surface area contributed by atoms with Gasteiger partial charge in [0.1, 0.15) is 11.4 Å². The standard InChI is InChI=1S/C44H51N3O4/c1-3-4-5-6-7-8-9-10-11-12-13-14-22-32(2)51-44(50)37-28-19-20-29-40(37)46-47-41-31-38(42(48)36-27-18-17-26-35(36)41)43(49)45-39-30-21-24-33-23-15-16-25-34(33)39/h15-21,23-32,48H,3-14,22H2,1-2H3,(H,45,49). The number of nitrogens with one attached hydrogen (secondary N) is 1. The van der Waals surface area contributed by atoms with Crippen molar-refractivity contribution in [3.05, 3.63) is 108 Å². The number of esters is 1. The van der Waals surface area contributed by atoms with Gasteiger partial charge in [0, 0.05) is 21.8 Å². The minimum Gasteiger partial charge on any atom is -0.506 e. The number of fused-ring (bicyclic) bond motifs is 2. The van der Waals surface area contributed by atoms with Crippen LogP contribution in [-0.2, 0) is 4.74 Å².